The Bertz CT molecular complexity index is 897. The van der Waals surface area contributed by atoms with E-state index in [1.54, 1.807) is 35.5 Å². The number of nitrogens with zero attached hydrogens (tertiary/aromatic N) is 1. The summed E-state index contributed by atoms with van der Waals surface area (Å²) in [5.74, 6) is 0.502. The lowest BCUT2D eigenvalue weighted by atomic mass is 10.2. The van der Waals surface area contributed by atoms with Crippen molar-refractivity contribution >= 4 is 22.9 Å². The van der Waals surface area contributed by atoms with Gasteiger partial charge >= 0.3 is 0 Å². The van der Waals surface area contributed by atoms with Crippen LogP contribution in [0.1, 0.15) is 10.4 Å². The largest absolute Gasteiger partial charge is 0.497 e. The highest BCUT2D eigenvalue weighted by atomic mass is 32.1. The van der Waals surface area contributed by atoms with E-state index in [1.807, 2.05) is 54.9 Å². The third kappa shape index (κ3) is 5.18. The van der Waals surface area contributed by atoms with Gasteiger partial charge in [-0.25, -0.2) is 4.39 Å². The molecule has 0 bridgehead atoms. The van der Waals surface area contributed by atoms with E-state index in [2.05, 4.69) is 0 Å². The second-order valence-corrected chi connectivity index (χ2v) is 7.69. The molecule has 0 aliphatic rings. The molecule has 0 saturated heterocycles. The maximum atomic E-state index is 13.9. The Morgan fingerprint density at radius 3 is 2.50 bits per heavy atom. The molecule has 0 saturated carbocycles. The second-order valence-electron chi connectivity index (χ2n) is 6.66. The molecule has 28 heavy (non-hydrogen) atoms. The Kier molecular flexibility index (Phi) is 6.79. The van der Waals surface area contributed by atoms with E-state index in [1.165, 1.54) is 6.07 Å². The van der Waals surface area contributed by atoms with Crippen LogP contribution in [0.4, 0.5) is 10.1 Å². The molecule has 0 aliphatic heterocycles. The average Bonchev–Trinajstić information content (AvgIpc) is 3.21. The summed E-state index contributed by atoms with van der Waals surface area (Å²) in [4.78, 5) is 16.9. The van der Waals surface area contributed by atoms with E-state index >= 15 is 0 Å². The van der Waals surface area contributed by atoms with Crippen LogP contribution in [0.3, 0.4) is 0 Å². The van der Waals surface area contributed by atoms with Crippen LogP contribution in [0.5, 0.6) is 5.75 Å². The summed E-state index contributed by atoms with van der Waals surface area (Å²) < 4.78 is 19.1. The third-order valence-electron chi connectivity index (χ3n) is 4.48. The minimum Gasteiger partial charge on any atom is -0.497 e. The standard InChI is InChI=1S/C22H23FN2O2S/c1-24(14-17-6-3-4-8-21(17)23)16-22(26)25(15-20-7-5-13-28-20)18-9-11-19(27-2)12-10-18/h3-13H,14-16H2,1-2H3/p+1. The van der Waals surface area contributed by atoms with Crippen molar-refractivity contribution in [1.29, 1.82) is 0 Å². The maximum Gasteiger partial charge on any atom is 0.282 e. The Hall–Kier alpha value is -2.70. The number of amides is 1. The monoisotopic (exact) mass is 399 g/mol. The molecule has 1 heterocycles. The molecule has 0 radical (unpaired) electrons. The van der Waals surface area contributed by atoms with Crippen LogP contribution in [0.25, 0.3) is 0 Å². The van der Waals surface area contributed by atoms with Gasteiger partial charge in [0.2, 0.25) is 0 Å². The van der Waals surface area contributed by atoms with Crippen LogP contribution >= 0.6 is 11.3 Å². The van der Waals surface area contributed by atoms with Crippen molar-refractivity contribution in [3.8, 4) is 5.75 Å². The SMILES string of the molecule is COc1ccc(N(Cc2cccs2)C(=O)C[NH+](C)Cc2ccccc2F)cc1. The van der Waals surface area contributed by atoms with Crippen LogP contribution < -0.4 is 14.5 Å². The lowest BCUT2D eigenvalue weighted by Crippen LogP contribution is -3.09. The number of halogens is 1. The lowest BCUT2D eigenvalue weighted by molar-refractivity contribution is -0.885. The zero-order chi connectivity index (χ0) is 19.9. The van der Waals surface area contributed by atoms with Crippen LogP contribution in [-0.4, -0.2) is 26.6 Å². The molecular weight excluding hydrogens is 375 g/mol. The first-order chi connectivity index (χ1) is 13.6. The molecular formula is C22H24FN2O2S+. The number of carbonyl (C=O) groups is 1. The van der Waals surface area contributed by atoms with Gasteiger partial charge in [-0.2, -0.15) is 0 Å². The summed E-state index contributed by atoms with van der Waals surface area (Å²) >= 11 is 1.62. The van der Waals surface area contributed by atoms with Crippen LogP contribution in [0, 0.1) is 5.82 Å². The van der Waals surface area contributed by atoms with Crippen molar-refractivity contribution in [3.05, 3.63) is 82.3 Å². The fourth-order valence-electron chi connectivity index (χ4n) is 3.03. The number of nitrogens with one attached hydrogen (secondary N) is 1. The second kappa shape index (κ2) is 9.48. The molecule has 1 unspecified atom stereocenters. The first-order valence-corrected chi connectivity index (χ1v) is 9.96. The van der Waals surface area contributed by atoms with Gasteiger partial charge in [-0.05, 0) is 41.8 Å². The number of anilines is 1. The molecule has 3 aromatic rings. The van der Waals surface area contributed by atoms with Gasteiger partial charge in [-0.3, -0.25) is 4.79 Å². The van der Waals surface area contributed by atoms with Gasteiger partial charge < -0.3 is 14.5 Å². The fraction of sp³-hybridized carbons (Fsp3) is 0.227. The molecule has 146 valence electrons. The van der Waals surface area contributed by atoms with Gasteiger partial charge in [0.25, 0.3) is 5.91 Å². The highest BCUT2D eigenvalue weighted by Gasteiger charge is 2.21. The molecule has 0 spiro atoms. The molecule has 3 rings (SSSR count). The number of rotatable bonds is 8. The van der Waals surface area contributed by atoms with E-state index in [0.717, 1.165) is 21.2 Å². The zero-order valence-corrected chi connectivity index (χ0v) is 16.8. The number of hydrogen-bond donors (Lipinski definition) is 1. The van der Waals surface area contributed by atoms with Crippen molar-refractivity contribution in [2.75, 3.05) is 25.6 Å². The number of thiophene rings is 1. The normalized spacial score (nSPS) is 11.8. The predicted molar refractivity (Wildman–Crippen MR) is 110 cm³/mol. The highest BCUT2D eigenvalue weighted by Crippen LogP contribution is 2.22. The molecule has 0 fully saturated rings. The lowest BCUT2D eigenvalue weighted by Gasteiger charge is -2.24. The smallest absolute Gasteiger partial charge is 0.282 e. The van der Waals surface area contributed by atoms with E-state index in [0.29, 0.717) is 18.7 Å². The molecule has 6 heteroatoms. The Morgan fingerprint density at radius 2 is 1.86 bits per heavy atom. The number of methoxy groups -OCH3 is 1. The van der Waals surface area contributed by atoms with Crippen LogP contribution in [0.2, 0.25) is 0 Å². The average molecular weight is 400 g/mol. The maximum absolute atomic E-state index is 13.9. The van der Waals surface area contributed by atoms with E-state index in [-0.39, 0.29) is 18.3 Å². The number of likely N-dealkylation sites (N-methyl/N-ethyl adjacent to an activating group) is 1. The number of hydrogen-bond acceptors (Lipinski definition) is 3. The van der Waals surface area contributed by atoms with Gasteiger partial charge in [0, 0.05) is 16.1 Å². The topological polar surface area (TPSA) is 34.0 Å². The Morgan fingerprint density at radius 1 is 1.11 bits per heavy atom. The minimum absolute atomic E-state index is 0.00703. The van der Waals surface area contributed by atoms with Gasteiger partial charge in [0.1, 0.15) is 18.1 Å². The molecule has 1 aromatic heterocycles. The van der Waals surface area contributed by atoms with Crippen molar-refractivity contribution in [2.24, 2.45) is 0 Å². The zero-order valence-electron chi connectivity index (χ0n) is 16.0. The molecule has 1 N–H and O–H groups in total. The van der Waals surface area contributed by atoms with Crippen molar-refractivity contribution in [3.63, 3.8) is 0 Å². The van der Waals surface area contributed by atoms with Crippen molar-refractivity contribution < 1.29 is 18.8 Å². The molecule has 4 nitrogen and oxygen atoms in total. The quantitative estimate of drug-likeness (QED) is 0.631. The summed E-state index contributed by atoms with van der Waals surface area (Å²) in [7, 11) is 3.52. The van der Waals surface area contributed by atoms with Crippen LogP contribution in [0.15, 0.2) is 66.0 Å². The number of quaternary nitrogens is 1. The summed E-state index contributed by atoms with van der Waals surface area (Å²) in [5.41, 5.74) is 1.43. The summed E-state index contributed by atoms with van der Waals surface area (Å²) in [6, 6.07) is 18.2. The number of benzene rings is 2. The third-order valence-corrected chi connectivity index (χ3v) is 5.34. The van der Waals surface area contributed by atoms with E-state index < -0.39 is 0 Å². The van der Waals surface area contributed by atoms with Crippen molar-refractivity contribution in [1.82, 2.24) is 0 Å². The number of carbonyl (C=O) groups excluding carboxylic acids is 1. The molecule has 1 atom stereocenters. The predicted octanol–water partition coefficient (Wildman–Crippen LogP) is 3.14. The van der Waals surface area contributed by atoms with Gasteiger partial charge in [-0.15, -0.1) is 11.3 Å². The number of ether oxygens (including phenoxy) is 1. The van der Waals surface area contributed by atoms with Crippen LogP contribution in [-0.2, 0) is 17.9 Å². The van der Waals surface area contributed by atoms with E-state index in [9.17, 15) is 9.18 Å². The summed E-state index contributed by atoms with van der Waals surface area (Å²) in [5, 5.41) is 2.00. The highest BCUT2D eigenvalue weighted by molar-refractivity contribution is 7.09. The Labute approximate surface area is 168 Å². The van der Waals surface area contributed by atoms with E-state index in [4.69, 9.17) is 4.74 Å². The molecule has 2 aromatic carbocycles. The molecule has 0 aliphatic carbocycles. The summed E-state index contributed by atoms with van der Waals surface area (Å²) in [6.07, 6.45) is 0. The van der Waals surface area contributed by atoms with Gasteiger partial charge in [0.05, 0.1) is 20.7 Å². The summed E-state index contributed by atoms with van der Waals surface area (Å²) in [6.45, 7) is 1.23. The molecule has 1 amide bonds. The van der Waals surface area contributed by atoms with Gasteiger partial charge in [-0.1, -0.05) is 24.3 Å². The first-order valence-electron chi connectivity index (χ1n) is 9.08. The first kappa shape index (κ1) is 20.0. The van der Waals surface area contributed by atoms with Crippen molar-refractivity contribution in [2.45, 2.75) is 13.1 Å². The minimum atomic E-state index is -0.236. The fourth-order valence-corrected chi connectivity index (χ4v) is 3.72. The van der Waals surface area contributed by atoms with Gasteiger partial charge in [0.15, 0.2) is 6.54 Å². The Balaban J connectivity index is 1.74.